The van der Waals surface area contributed by atoms with Crippen molar-refractivity contribution < 1.29 is 9.47 Å². The van der Waals surface area contributed by atoms with Crippen molar-refractivity contribution in [1.82, 2.24) is 10.2 Å². The lowest BCUT2D eigenvalue weighted by atomic mass is 9.83. The van der Waals surface area contributed by atoms with Gasteiger partial charge in [0.25, 0.3) is 0 Å². The van der Waals surface area contributed by atoms with Gasteiger partial charge in [-0.2, -0.15) is 5.26 Å². The molecular weight excluding hydrogens is 412 g/mol. The lowest BCUT2D eigenvalue weighted by Crippen LogP contribution is -2.21. The van der Waals surface area contributed by atoms with E-state index in [2.05, 4.69) is 35.3 Å². The van der Waals surface area contributed by atoms with Gasteiger partial charge in [0.05, 0.1) is 17.2 Å². The number of nitriles is 1. The first kappa shape index (κ1) is 20.4. The Labute approximate surface area is 191 Å². The van der Waals surface area contributed by atoms with E-state index in [1.54, 1.807) is 0 Å². The van der Waals surface area contributed by atoms with Crippen LogP contribution >= 0.6 is 0 Å². The standard InChI is InChI=1S/C27H22N4O2/c1-17-6-5-7-18(14-17)16-32-21-12-10-19(11-13-21)23-22(15-28)26(29)33-27-24(23)25(30-31-27)20-8-3-2-4-9-20/h2-14,23H,16,29H2,1H3,(H,30,31). The van der Waals surface area contributed by atoms with Crippen LogP contribution in [0.5, 0.6) is 11.6 Å². The number of H-pyrrole nitrogens is 1. The molecule has 0 radical (unpaired) electrons. The second kappa shape index (κ2) is 8.56. The number of nitrogens with two attached hydrogens (primary N) is 1. The minimum atomic E-state index is -0.404. The Morgan fingerprint density at radius 2 is 1.85 bits per heavy atom. The van der Waals surface area contributed by atoms with Gasteiger partial charge in [0, 0.05) is 0 Å². The Bertz CT molecular complexity index is 1370. The van der Waals surface area contributed by atoms with E-state index in [0.29, 0.717) is 18.1 Å². The number of rotatable bonds is 5. The lowest BCUT2D eigenvalue weighted by Gasteiger charge is -2.24. The Balaban J connectivity index is 1.48. The molecule has 2 heterocycles. The molecule has 3 aromatic carbocycles. The van der Waals surface area contributed by atoms with Crippen LogP contribution in [-0.4, -0.2) is 10.2 Å². The summed E-state index contributed by atoms with van der Waals surface area (Å²) in [5.74, 6) is 0.799. The molecule has 0 saturated heterocycles. The Kier molecular flexibility index (Phi) is 5.29. The zero-order valence-electron chi connectivity index (χ0n) is 18.1. The maximum Gasteiger partial charge on any atom is 0.244 e. The van der Waals surface area contributed by atoms with Crippen LogP contribution in [0.25, 0.3) is 11.3 Å². The number of aryl methyl sites for hydroxylation is 1. The first-order chi connectivity index (χ1) is 16.1. The number of hydrogen-bond donors (Lipinski definition) is 2. The lowest BCUT2D eigenvalue weighted by molar-refractivity contribution is 0.306. The number of hydrogen-bond acceptors (Lipinski definition) is 5. The summed E-state index contributed by atoms with van der Waals surface area (Å²) in [6, 6.07) is 28.0. The summed E-state index contributed by atoms with van der Waals surface area (Å²) in [6.07, 6.45) is 0. The zero-order valence-corrected chi connectivity index (χ0v) is 18.1. The molecule has 0 saturated carbocycles. The summed E-state index contributed by atoms with van der Waals surface area (Å²) in [7, 11) is 0. The fraction of sp³-hybridized carbons (Fsp3) is 0.111. The molecule has 33 heavy (non-hydrogen) atoms. The summed E-state index contributed by atoms with van der Waals surface area (Å²) < 4.78 is 11.6. The highest BCUT2D eigenvalue weighted by Gasteiger charge is 2.35. The van der Waals surface area contributed by atoms with E-state index in [1.165, 1.54) is 5.56 Å². The van der Waals surface area contributed by atoms with Crippen molar-refractivity contribution in [3.05, 3.63) is 113 Å². The number of nitrogens with zero attached hydrogens (tertiary/aromatic N) is 2. The summed E-state index contributed by atoms with van der Waals surface area (Å²) in [5.41, 5.74) is 12.2. The van der Waals surface area contributed by atoms with E-state index < -0.39 is 5.92 Å². The smallest absolute Gasteiger partial charge is 0.244 e. The van der Waals surface area contributed by atoms with E-state index >= 15 is 0 Å². The maximum absolute atomic E-state index is 9.88. The number of allylic oxidation sites excluding steroid dienone is 1. The van der Waals surface area contributed by atoms with Crippen molar-refractivity contribution in [2.24, 2.45) is 5.73 Å². The molecule has 0 spiro atoms. The number of fused-ring (bicyclic) bond motifs is 1. The third kappa shape index (κ3) is 3.92. The van der Waals surface area contributed by atoms with Gasteiger partial charge in [0.2, 0.25) is 11.8 Å². The molecule has 6 nitrogen and oxygen atoms in total. The molecule has 3 N–H and O–H groups in total. The number of ether oxygens (including phenoxy) is 2. The molecule has 6 heteroatoms. The minimum absolute atomic E-state index is 0.0703. The van der Waals surface area contributed by atoms with Crippen LogP contribution in [0, 0.1) is 18.3 Å². The molecule has 1 unspecified atom stereocenters. The summed E-state index contributed by atoms with van der Waals surface area (Å²) in [5, 5.41) is 17.3. The predicted octanol–water partition coefficient (Wildman–Crippen LogP) is 5.18. The Morgan fingerprint density at radius 3 is 2.58 bits per heavy atom. The first-order valence-electron chi connectivity index (χ1n) is 10.6. The third-order valence-corrected chi connectivity index (χ3v) is 5.70. The molecule has 162 valence electrons. The number of nitrogens with one attached hydrogen (secondary N) is 1. The zero-order chi connectivity index (χ0) is 22.8. The molecule has 0 amide bonds. The van der Waals surface area contributed by atoms with Gasteiger partial charge >= 0.3 is 0 Å². The average molecular weight is 434 g/mol. The van der Waals surface area contributed by atoms with Crippen LogP contribution in [0.2, 0.25) is 0 Å². The van der Waals surface area contributed by atoms with E-state index in [-0.39, 0.29) is 5.88 Å². The molecule has 0 bridgehead atoms. The summed E-state index contributed by atoms with van der Waals surface area (Å²) >= 11 is 0. The topological polar surface area (TPSA) is 96.9 Å². The van der Waals surface area contributed by atoms with Crippen molar-refractivity contribution in [2.45, 2.75) is 19.4 Å². The van der Waals surface area contributed by atoms with Crippen molar-refractivity contribution in [1.29, 1.82) is 5.26 Å². The van der Waals surface area contributed by atoms with Gasteiger partial charge in [-0.05, 0) is 35.7 Å². The van der Waals surface area contributed by atoms with Crippen LogP contribution < -0.4 is 15.2 Å². The van der Waals surface area contributed by atoms with Crippen molar-refractivity contribution in [3.63, 3.8) is 0 Å². The normalized spacial score (nSPS) is 14.8. The molecule has 5 rings (SSSR count). The van der Waals surface area contributed by atoms with E-state index in [0.717, 1.165) is 33.7 Å². The monoisotopic (exact) mass is 434 g/mol. The second-order valence-corrected chi connectivity index (χ2v) is 7.96. The molecule has 1 atom stereocenters. The fourth-order valence-electron chi connectivity index (χ4n) is 4.13. The van der Waals surface area contributed by atoms with Crippen LogP contribution in [-0.2, 0) is 6.61 Å². The van der Waals surface area contributed by atoms with Gasteiger partial charge in [-0.3, -0.25) is 5.10 Å². The molecule has 0 fully saturated rings. The maximum atomic E-state index is 9.88. The van der Waals surface area contributed by atoms with Gasteiger partial charge in [-0.25, -0.2) is 0 Å². The fourth-order valence-corrected chi connectivity index (χ4v) is 4.13. The van der Waals surface area contributed by atoms with Crippen molar-refractivity contribution in [2.75, 3.05) is 0 Å². The summed E-state index contributed by atoms with van der Waals surface area (Å²) in [6.45, 7) is 2.55. The quantitative estimate of drug-likeness (QED) is 0.451. The number of benzene rings is 3. The van der Waals surface area contributed by atoms with Crippen molar-refractivity contribution in [3.8, 4) is 29.0 Å². The highest BCUT2D eigenvalue weighted by atomic mass is 16.5. The molecule has 1 aliphatic rings. The second-order valence-electron chi connectivity index (χ2n) is 7.96. The third-order valence-electron chi connectivity index (χ3n) is 5.70. The minimum Gasteiger partial charge on any atom is -0.489 e. The molecule has 1 aromatic heterocycles. The average Bonchev–Trinajstić information content (AvgIpc) is 3.26. The Morgan fingerprint density at radius 1 is 1.06 bits per heavy atom. The van der Waals surface area contributed by atoms with Crippen LogP contribution in [0.3, 0.4) is 0 Å². The predicted molar refractivity (Wildman–Crippen MR) is 125 cm³/mol. The van der Waals surface area contributed by atoms with E-state index in [4.69, 9.17) is 15.2 Å². The molecule has 1 aliphatic heterocycles. The highest BCUT2D eigenvalue weighted by Crippen LogP contribution is 2.45. The number of aromatic nitrogens is 2. The van der Waals surface area contributed by atoms with Crippen LogP contribution in [0.1, 0.15) is 28.2 Å². The van der Waals surface area contributed by atoms with Gasteiger partial charge in [-0.1, -0.05) is 72.3 Å². The van der Waals surface area contributed by atoms with Gasteiger partial charge in [0.1, 0.15) is 24.0 Å². The molecule has 0 aliphatic carbocycles. The van der Waals surface area contributed by atoms with Crippen LogP contribution in [0.15, 0.2) is 90.3 Å². The molecular formula is C27H22N4O2. The highest BCUT2D eigenvalue weighted by molar-refractivity contribution is 5.70. The van der Waals surface area contributed by atoms with Gasteiger partial charge in [0.15, 0.2) is 0 Å². The molecule has 4 aromatic rings. The van der Waals surface area contributed by atoms with E-state index in [1.807, 2.05) is 66.7 Å². The van der Waals surface area contributed by atoms with Gasteiger partial charge < -0.3 is 15.2 Å². The van der Waals surface area contributed by atoms with Gasteiger partial charge in [-0.15, -0.1) is 5.10 Å². The van der Waals surface area contributed by atoms with Crippen molar-refractivity contribution >= 4 is 0 Å². The number of aromatic amines is 1. The largest absolute Gasteiger partial charge is 0.489 e. The first-order valence-corrected chi connectivity index (χ1v) is 10.6. The Hall–Kier alpha value is -4.50. The summed E-state index contributed by atoms with van der Waals surface area (Å²) in [4.78, 5) is 0. The SMILES string of the molecule is Cc1cccc(COc2ccc(C3C(C#N)=C(N)Oc4n[nH]c(-c5ccccc5)c43)cc2)c1. The van der Waals surface area contributed by atoms with Crippen LogP contribution in [0.4, 0.5) is 0 Å². The van der Waals surface area contributed by atoms with E-state index in [9.17, 15) is 5.26 Å².